The van der Waals surface area contributed by atoms with E-state index < -0.39 is 10.0 Å². The Balaban J connectivity index is 1.58. The van der Waals surface area contributed by atoms with Crippen LogP contribution in [0.4, 0.5) is 5.69 Å². The van der Waals surface area contributed by atoms with Gasteiger partial charge in [0.15, 0.2) is 0 Å². The fourth-order valence-corrected chi connectivity index (χ4v) is 5.51. The van der Waals surface area contributed by atoms with Gasteiger partial charge in [-0.1, -0.05) is 36.4 Å². The van der Waals surface area contributed by atoms with E-state index in [-0.39, 0.29) is 23.5 Å². The molecule has 9 heteroatoms. The standard InChI is InChI=1S/C24H31N3O5S/c1-18-7-3-4-8-20(18)17-33(30,31)27-14-11-19(12-15-27)23(28)26-22-10-6-5-9-21(22)24(29)25-13-16-32-2/h3-10,19H,11-17H2,1-2H3,(H,25,29)(H,26,28). The van der Waals surface area contributed by atoms with Gasteiger partial charge in [-0.2, -0.15) is 0 Å². The molecular weight excluding hydrogens is 442 g/mol. The number of hydrogen-bond donors (Lipinski definition) is 2. The molecule has 2 aromatic rings. The van der Waals surface area contributed by atoms with Crippen molar-refractivity contribution < 1.29 is 22.7 Å². The summed E-state index contributed by atoms with van der Waals surface area (Å²) >= 11 is 0. The first kappa shape index (κ1) is 24.9. The molecule has 2 N–H and O–H groups in total. The third-order valence-electron chi connectivity index (χ3n) is 5.84. The lowest BCUT2D eigenvalue weighted by molar-refractivity contribution is -0.120. The van der Waals surface area contributed by atoms with Crippen LogP contribution >= 0.6 is 0 Å². The molecule has 0 spiro atoms. The number of anilines is 1. The van der Waals surface area contributed by atoms with Gasteiger partial charge >= 0.3 is 0 Å². The van der Waals surface area contributed by atoms with Gasteiger partial charge in [0.25, 0.3) is 5.91 Å². The maximum Gasteiger partial charge on any atom is 0.253 e. The third-order valence-corrected chi connectivity index (χ3v) is 7.67. The van der Waals surface area contributed by atoms with Gasteiger partial charge in [0.1, 0.15) is 0 Å². The van der Waals surface area contributed by atoms with Crippen molar-refractivity contribution in [2.75, 3.05) is 38.7 Å². The predicted octanol–water partition coefficient (Wildman–Crippen LogP) is 2.55. The number of carbonyl (C=O) groups excluding carboxylic acids is 2. The van der Waals surface area contributed by atoms with Crippen LogP contribution in [0.15, 0.2) is 48.5 Å². The summed E-state index contributed by atoms with van der Waals surface area (Å²) in [5.41, 5.74) is 2.55. The number of para-hydroxylation sites is 1. The first-order valence-electron chi connectivity index (χ1n) is 11.0. The summed E-state index contributed by atoms with van der Waals surface area (Å²) in [6.45, 7) is 3.26. The molecule has 1 aliphatic heterocycles. The number of aryl methyl sites for hydroxylation is 1. The number of methoxy groups -OCH3 is 1. The summed E-state index contributed by atoms with van der Waals surface area (Å²) in [5, 5.41) is 5.60. The summed E-state index contributed by atoms with van der Waals surface area (Å²) in [7, 11) is -1.90. The van der Waals surface area contributed by atoms with Crippen LogP contribution in [-0.4, -0.2) is 57.9 Å². The molecule has 8 nitrogen and oxygen atoms in total. The second-order valence-corrected chi connectivity index (χ2v) is 10.1. The minimum Gasteiger partial charge on any atom is -0.383 e. The maximum atomic E-state index is 12.9. The Morgan fingerprint density at radius 3 is 2.42 bits per heavy atom. The van der Waals surface area contributed by atoms with Crippen molar-refractivity contribution in [3.63, 3.8) is 0 Å². The van der Waals surface area contributed by atoms with Crippen LogP contribution in [0.3, 0.4) is 0 Å². The first-order valence-corrected chi connectivity index (χ1v) is 12.6. The quantitative estimate of drug-likeness (QED) is 0.545. The number of sulfonamides is 1. The van der Waals surface area contributed by atoms with Crippen LogP contribution in [0.2, 0.25) is 0 Å². The molecule has 1 saturated heterocycles. The van der Waals surface area contributed by atoms with Gasteiger partial charge in [-0.25, -0.2) is 12.7 Å². The third kappa shape index (κ3) is 6.63. The Kier molecular flexibility index (Phi) is 8.60. The minimum atomic E-state index is -3.46. The van der Waals surface area contributed by atoms with Gasteiger partial charge in [-0.15, -0.1) is 0 Å². The Morgan fingerprint density at radius 2 is 1.73 bits per heavy atom. The molecule has 1 heterocycles. The normalized spacial score (nSPS) is 15.2. The van der Waals surface area contributed by atoms with Gasteiger partial charge in [0.2, 0.25) is 15.9 Å². The fraction of sp³-hybridized carbons (Fsp3) is 0.417. The van der Waals surface area contributed by atoms with Gasteiger partial charge in [0, 0.05) is 32.7 Å². The maximum absolute atomic E-state index is 12.9. The largest absolute Gasteiger partial charge is 0.383 e. The number of ether oxygens (including phenoxy) is 1. The topological polar surface area (TPSA) is 105 Å². The molecule has 2 aromatic carbocycles. The zero-order valence-electron chi connectivity index (χ0n) is 19.0. The van der Waals surface area contributed by atoms with Crippen molar-refractivity contribution in [3.8, 4) is 0 Å². The molecule has 0 bridgehead atoms. The minimum absolute atomic E-state index is 0.0396. The molecule has 0 radical (unpaired) electrons. The summed E-state index contributed by atoms with van der Waals surface area (Å²) < 4.78 is 32.2. The summed E-state index contributed by atoms with van der Waals surface area (Å²) in [4.78, 5) is 25.3. The van der Waals surface area contributed by atoms with Crippen LogP contribution in [0, 0.1) is 12.8 Å². The van der Waals surface area contributed by atoms with Crippen molar-refractivity contribution in [3.05, 3.63) is 65.2 Å². The smallest absolute Gasteiger partial charge is 0.253 e. The number of hydrogen-bond acceptors (Lipinski definition) is 5. The monoisotopic (exact) mass is 473 g/mol. The van der Waals surface area contributed by atoms with Crippen molar-refractivity contribution in [2.45, 2.75) is 25.5 Å². The molecule has 3 rings (SSSR count). The van der Waals surface area contributed by atoms with Crippen molar-refractivity contribution in [2.24, 2.45) is 5.92 Å². The number of benzene rings is 2. The summed E-state index contributed by atoms with van der Waals surface area (Å²) in [5.74, 6) is -0.857. The molecular formula is C24H31N3O5S. The number of carbonyl (C=O) groups is 2. The lowest BCUT2D eigenvalue weighted by Gasteiger charge is -2.30. The Bertz CT molecular complexity index is 1080. The predicted molar refractivity (Wildman–Crippen MR) is 127 cm³/mol. The molecule has 0 unspecified atom stereocenters. The summed E-state index contributed by atoms with van der Waals surface area (Å²) in [6, 6.07) is 14.3. The van der Waals surface area contributed by atoms with E-state index >= 15 is 0 Å². The van der Waals surface area contributed by atoms with E-state index in [0.717, 1.165) is 11.1 Å². The van der Waals surface area contributed by atoms with Crippen LogP contribution in [0.1, 0.15) is 34.3 Å². The Hall–Kier alpha value is -2.75. The van der Waals surface area contributed by atoms with E-state index in [0.29, 0.717) is 50.3 Å². The van der Waals surface area contributed by atoms with Gasteiger partial charge in [-0.3, -0.25) is 9.59 Å². The molecule has 2 amide bonds. The highest BCUT2D eigenvalue weighted by Gasteiger charge is 2.31. The van der Waals surface area contributed by atoms with Crippen LogP contribution < -0.4 is 10.6 Å². The van der Waals surface area contributed by atoms with E-state index in [1.165, 1.54) is 4.31 Å². The molecule has 1 aliphatic rings. The highest BCUT2D eigenvalue weighted by Crippen LogP contribution is 2.24. The van der Waals surface area contributed by atoms with E-state index in [1.807, 2.05) is 31.2 Å². The molecule has 178 valence electrons. The van der Waals surface area contributed by atoms with Gasteiger partial charge in [0.05, 0.1) is 23.6 Å². The molecule has 1 fully saturated rings. The molecule has 0 aliphatic carbocycles. The molecule has 0 atom stereocenters. The Labute approximate surface area is 195 Å². The number of nitrogens with one attached hydrogen (secondary N) is 2. The first-order chi connectivity index (χ1) is 15.8. The van der Waals surface area contributed by atoms with Gasteiger partial charge < -0.3 is 15.4 Å². The second-order valence-electron chi connectivity index (χ2n) is 8.14. The van der Waals surface area contributed by atoms with Crippen molar-refractivity contribution in [1.29, 1.82) is 0 Å². The van der Waals surface area contributed by atoms with Crippen LogP contribution in [-0.2, 0) is 25.3 Å². The highest BCUT2D eigenvalue weighted by atomic mass is 32.2. The van der Waals surface area contributed by atoms with E-state index in [1.54, 1.807) is 31.4 Å². The SMILES string of the molecule is COCCNC(=O)c1ccccc1NC(=O)C1CCN(S(=O)(=O)Cc2ccccc2C)CC1. The Morgan fingerprint density at radius 1 is 1.06 bits per heavy atom. The van der Waals surface area contributed by atoms with Crippen LogP contribution in [0.5, 0.6) is 0 Å². The average molecular weight is 474 g/mol. The number of amides is 2. The number of rotatable bonds is 9. The second kappa shape index (κ2) is 11.4. The molecule has 0 saturated carbocycles. The lowest BCUT2D eigenvalue weighted by atomic mass is 9.97. The number of piperidine rings is 1. The highest BCUT2D eigenvalue weighted by molar-refractivity contribution is 7.88. The van der Waals surface area contributed by atoms with E-state index in [2.05, 4.69) is 10.6 Å². The molecule has 33 heavy (non-hydrogen) atoms. The van der Waals surface area contributed by atoms with E-state index in [9.17, 15) is 18.0 Å². The fourth-order valence-electron chi connectivity index (χ4n) is 3.84. The van der Waals surface area contributed by atoms with Crippen molar-refractivity contribution in [1.82, 2.24) is 9.62 Å². The van der Waals surface area contributed by atoms with Gasteiger partial charge in [-0.05, 0) is 43.0 Å². The molecule has 0 aromatic heterocycles. The van der Waals surface area contributed by atoms with E-state index in [4.69, 9.17) is 4.74 Å². The summed E-state index contributed by atoms with van der Waals surface area (Å²) in [6.07, 6.45) is 0.863. The zero-order valence-corrected chi connectivity index (χ0v) is 19.9. The average Bonchev–Trinajstić information content (AvgIpc) is 2.81. The van der Waals surface area contributed by atoms with Crippen LogP contribution in [0.25, 0.3) is 0 Å². The van der Waals surface area contributed by atoms with Crippen molar-refractivity contribution >= 4 is 27.5 Å². The lowest BCUT2D eigenvalue weighted by Crippen LogP contribution is -2.42. The number of nitrogens with zero attached hydrogens (tertiary/aromatic N) is 1. The zero-order chi connectivity index (χ0) is 23.8.